The van der Waals surface area contributed by atoms with E-state index in [0.717, 1.165) is 38.5 Å². The van der Waals surface area contributed by atoms with Crippen molar-refractivity contribution in [3.05, 3.63) is 132 Å². The zero-order chi connectivity index (χ0) is 30.3. The minimum atomic E-state index is -0.502. The molecule has 5 aromatic carbocycles. The van der Waals surface area contributed by atoms with Crippen LogP contribution in [0.2, 0.25) is 0 Å². The number of thiazole rings is 1. The van der Waals surface area contributed by atoms with Crippen molar-refractivity contribution in [3.63, 3.8) is 0 Å². The first-order valence-electron chi connectivity index (χ1n) is 13.8. The van der Waals surface area contributed by atoms with Gasteiger partial charge in [0.25, 0.3) is 0 Å². The highest BCUT2D eigenvalue weighted by Gasteiger charge is 2.23. The quantitative estimate of drug-likeness (QED) is 0.108. The SMILES string of the molecule is COc1ccccc1NC(=S)Nc1cccc(SC(C(=O)Nc2nc(-c3ccc4ccccc4c3)cs2)c2ccccc2)c1. The number of methoxy groups -OCH3 is 1. The van der Waals surface area contributed by atoms with Gasteiger partial charge in [0.1, 0.15) is 11.0 Å². The highest BCUT2D eigenvalue weighted by atomic mass is 32.2. The summed E-state index contributed by atoms with van der Waals surface area (Å²) in [6.07, 6.45) is 0. The number of fused-ring (bicyclic) bond motifs is 1. The summed E-state index contributed by atoms with van der Waals surface area (Å²) in [5.41, 5.74) is 4.31. The molecule has 0 saturated carbocycles. The van der Waals surface area contributed by atoms with Gasteiger partial charge in [-0.1, -0.05) is 84.9 Å². The summed E-state index contributed by atoms with van der Waals surface area (Å²) in [5, 5.41) is 14.3. The Kier molecular flexibility index (Phi) is 9.17. The molecule has 1 amide bonds. The zero-order valence-electron chi connectivity index (χ0n) is 23.7. The third kappa shape index (κ3) is 7.08. The molecule has 1 unspecified atom stereocenters. The minimum absolute atomic E-state index is 0.146. The van der Waals surface area contributed by atoms with Crippen LogP contribution in [0.4, 0.5) is 16.5 Å². The van der Waals surface area contributed by atoms with Crippen LogP contribution in [0.1, 0.15) is 10.8 Å². The normalized spacial score (nSPS) is 11.5. The summed E-state index contributed by atoms with van der Waals surface area (Å²) >= 11 is 8.44. The van der Waals surface area contributed by atoms with Gasteiger partial charge >= 0.3 is 0 Å². The summed E-state index contributed by atoms with van der Waals surface area (Å²) in [4.78, 5) is 19.4. The Hall–Kier alpha value is -4.70. The van der Waals surface area contributed by atoms with Crippen LogP contribution in [0.3, 0.4) is 0 Å². The van der Waals surface area contributed by atoms with Gasteiger partial charge in [0.05, 0.1) is 18.5 Å². The van der Waals surface area contributed by atoms with Crippen molar-refractivity contribution >= 4 is 73.6 Å². The molecule has 0 spiro atoms. The molecule has 1 heterocycles. The zero-order valence-corrected chi connectivity index (χ0v) is 26.1. The highest BCUT2D eigenvalue weighted by molar-refractivity contribution is 8.00. The van der Waals surface area contributed by atoms with Crippen molar-refractivity contribution in [2.24, 2.45) is 0 Å². The largest absolute Gasteiger partial charge is 0.495 e. The van der Waals surface area contributed by atoms with Gasteiger partial charge in [-0.2, -0.15) is 0 Å². The molecule has 6 nitrogen and oxygen atoms in total. The van der Waals surface area contributed by atoms with Crippen molar-refractivity contribution in [2.75, 3.05) is 23.1 Å². The lowest BCUT2D eigenvalue weighted by Crippen LogP contribution is -2.20. The van der Waals surface area contributed by atoms with Crippen LogP contribution in [0.15, 0.2) is 132 Å². The number of amides is 1. The molecule has 9 heteroatoms. The first kappa shape index (κ1) is 29.4. The number of para-hydroxylation sites is 2. The van der Waals surface area contributed by atoms with E-state index in [1.54, 1.807) is 7.11 Å². The van der Waals surface area contributed by atoms with E-state index in [2.05, 4.69) is 46.3 Å². The highest BCUT2D eigenvalue weighted by Crippen LogP contribution is 2.38. The van der Waals surface area contributed by atoms with Crippen molar-refractivity contribution in [3.8, 4) is 17.0 Å². The molecule has 0 aliphatic rings. The Balaban J connectivity index is 1.17. The number of carbonyl (C=O) groups is 1. The Labute approximate surface area is 269 Å². The number of aromatic nitrogens is 1. The first-order valence-corrected chi connectivity index (χ1v) is 16.0. The monoisotopic (exact) mass is 632 g/mol. The Morgan fingerprint density at radius 3 is 2.43 bits per heavy atom. The van der Waals surface area contributed by atoms with Gasteiger partial charge in [0.2, 0.25) is 5.91 Å². The van der Waals surface area contributed by atoms with Crippen LogP contribution >= 0.6 is 35.3 Å². The summed E-state index contributed by atoms with van der Waals surface area (Å²) in [5.74, 6) is 0.551. The molecule has 0 aliphatic carbocycles. The van der Waals surface area contributed by atoms with Gasteiger partial charge in [-0.05, 0) is 65.0 Å². The second kappa shape index (κ2) is 13.7. The smallest absolute Gasteiger partial charge is 0.244 e. The molecule has 0 saturated heterocycles. The van der Waals surface area contributed by atoms with Crippen LogP contribution in [-0.2, 0) is 4.79 Å². The standard InChI is InChI=1S/C35H28N4O2S3/c1-41-31-17-8-7-16-29(31)37-34(42)36-27-14-9-15-28(21-27)44-32(24-11-3-2-4-12-24)33(40)39-35-38-30(22-43-35)26-19-18-23-10-5-6-13-25(23)20-26/h2-22,32H,1H3,(H2,36,37,42)(H,38,39,40). The average Bonchev–Trinajstić information content (AvgIpc) is 3.52. The molecule has 0 aliphatic heterocycles. The van der Waals surface area contributed by atoms with Gasteiger partial charge in [0.15, 0.2) is 10.2 Å². The number of carbonyl (C=O) groups excluding carboxylic acids is 1. The van der Waals surface area contributed by atoms with Crippen molar-refractivity contribution in [1.29, 1.82) is 0 Å². The van der Waals surface area contributed by atoms with Gasteiger partial charge in [-0.3, -0.25) is 4.79 Å². The van der Waals surface area contributed by atoms with E-state index in [1.807, 2.05) is 96.4 Å². The van der Waals surface area contributed by atoms with Crippen molar-refractivity contribution in [1.82, 2.24) is 4.98 Å². The second-order valence-corrected chi connectivity index (χ2v) is 12.2. The van der Waals surface area contributed by atoms with Gasteiger partial charge in [-0.25, -0.2) is 4.98 Å². The van der Waals surface area contributed by atoms with E-state index >= 15 is 0 Å². The number of hydrogen-bond donors (Lipinski definition) is 3. The van der Waals surface area contributed by atoms with E-state index in [4.69, 9.17) is 21.9 Å². The van der Waals surface area contributed by atoms with E-state index in [0.29, 0.717) is 16.0 Å². The molecule has 6 aromatic rings. The van der Waals surface area contributed by atoms with Crippen molar-refractivity contribution < 1.29 is 9.53 Å². The van der Waals surface area contributed by atoms with E-state index in [-0.39, 0.29) is 5.91 Å². The molecule has 0 fully saturated rings. The lowest BCUT2D eigenvalue weighted by Gasteiger charge is -2.17. The summed E-state index contributed by atoms with van der Waals surface area (Å²) in [7, 11) is 1.62. The number of rotatable bonds is 9. The van der Waals surface area contributed by atoms with Crippen LogP contribution in [0.25, 0.3) is 22.0 Å². The molecule has 1 aromatic heterocycles. The number of anilines is 3. The maximum absolute atomic E-state index is 13.7. The number of thiocarbonyl (C=S) groups is 1. The Morgan fingerprint density at radius 2 is 1.59 bits per heavy atom. The van der Waals surface area contributed by atoms with Crippen LogP contribution < -0.4 is 20.7 Å². The molecule has 44 heavy (non-hydrogen) atoms. The fourth-order valence-corrected chi connectivity index (χ4v) is 6.73. The number of nitrogens with zero attached hydrogens (tertiary/aromatic N) is 1. The van der Waals surface area contributed by atoms with Crippen LogP contribution in [-0.4, -0.2) is 23.1 Å². The molecular weight excluding hydrogens is 605 g/mol. The van der Waals surface area contributed by atoms with Gasteiger partial charge in [-0.15, -0.1) is 23.1 Å². The van der Waals surface area contributed by atoms with Crippen LogP contribution in [0.5, 0.6) is 5.75 Å². The molecule has 3 N–H and O–H groups in total. The minimum Gasteiger partial charge on any atom is -0.495 e. The lowest BCUT2D eigenvalue weighted by molar-refractivity contribution is -0.115. The maximum atomic E-state index is 13.7. The number of hydrogen-bond acceptors (Lipinski definition) is 6. The van der Waals surface area contributed by atoms with E-state index in [9.17, 15) is 4.79 Å². The van der Waals surface area contributed by atoms with Crippen LogP contribution in [0, 0.1) is 0 Å². The molecule has 0 bridgehead atoms. The third-order valence-corrected chi connectivity index (χ3v) is 9.03. The summed E-state index contributed by atoms with van der Waals surface area (Å²) in [6.45, 7) is 0. The van der Waals surface area contributed by atoms with Gasteiger partial charge < -0.3 is 20.7 Å². The molecule has 218 valence electrons. The Morgan fingerprint density at radius 1 is 0.818 bits per heavy atom. The van der Waals surface area contributed by atoms with E-state index in [1.165, 1.54) is 28.5 Å². The van der Waals surface area contributed by atoms with E-state index < -0.39 is 5.25 Å². The number of thioether (sulfide) groups is 1. The molecular formula is C35H28N4O2S3. The fraction of sp³-hybridized carbons (Fsp3) is 0.0571. The first-order chi connectivity index (χ1) is 21.6. The lowest BCUT2D eigenvalue weighted by atomic mass is 10.1. The predicted octanol–water partition coefficient (Wildman–Crippen LogP) is 9.25. The molecule has 1 atom stereocenters. The molecule has 6 rings (SSSR count). The summed E-state index contributed by atoms with van der Waals surface area (Å²) in [6, 6.07) is 39.7. The topological polar surface area (TPSA) is 75.3 Å². The maximum Gasteiger partial charge on any atom is 0.244 e. The third-order valence-electron chi connectivity index (χ3n) is 6.82. The predicted molar refractivity (Wildman–Crippen MR) is 188 cm³/mol. The number of nitrogens with one attached hydrogen (secondary N) is 3. The number of benzene rings is 5. The molecule has 0 radical (unpaired) electrons. The second-order valence-electron chi connectivity index (χ2n) is 9.80. The fourth-order valence-electron chi connectivity index (χ4n) is 4.70. The average molecular weight is 633 g/mol. The van der Waals surface area contributed by atoms with Gasteiger partial charge in [0, 0.05) is 21.5 Å². The van der Waals surface area contributed by atoms with Crippen molar-refractivity contribution in [2.45, 2.75) is 10.1 Å². The summed E-state index contributed by atoms with van der Waals surface area (Å²) < 4.78 is 5.41. The Bertz CT molecular complexity index is 1930. The number of ether oxygens (including phenoxy) is 1.